The Morgan fingerprint density at radius 1 is 0.636 bits per heavy atom. The van der Waals surface area contributed by atoms with Crippen molar-refractivity contribution in [2.45, 2.75) is 130 Å². The Morgan fingerprint density at radius 2 is 0.886 bits per heavy atom. The van der Waals surface area contributed by atoms with Crippen LogP contribution < -0.4 is 11.5 Å². The predicted octanol–water partition coefficient (Wildman–Crippen LogP) is 8.05. The van der Waals surface area contributed by atoms with Crippen molar-refractivity contribution in [3.63, 3.8) is 0 Å². The zero-order valence-corrected chi connectivity index (χ0v) is 28.8. The van der Waals surface area contributed by atoms with E-state index in [2.05, 4.69) is 6.92 Å². The second kappa shape index (κ2) is 36.5. The molecule has 0 spiro atoms. The van der Waals surface area contributed by atoms with Gasteiger partial charge in [0.1, 0.15) is 0 Å². The van der Waals surface area contributed by atoms with Crippen LogP contribution in [-0.4, -0.2) is 34.9 Å². The van der Waals surface area contributed by atoms with Crippen molar-refractivity contribution < 1.29 is 48.3 Å². The number of nitrogen functional groups attached to an aromatic ring is 2. The summed E-state index contributed by atoms with van der Waals surface area (Å²) < 4.78 is 8.25. The summed E-state index contributed by atoms with van der Waals surface area (Å²) in [5.74, 6) is -0.653. The number of hydrogen-bond donors (Lipinski definition) is 4. The number of anilines is 2. The maximum atomic E-state index is 10.3. The van der Waals surface area contributed by atoms with Gasteiger partial charge in [-0.3, -0.25) is 4.79 Å². The minimum absolute atomic E-state index is 0.167. The summed E-state index contributed by atoms with van der Waals surface area (Å²) in [6.45, 7) is 5.71. The van der Waals surface area contributed by atoms with Crippen molar-refractivity contribution in [3.8, 4) is 0 Å². The van der Waals surface area contributed by atoms with Crippen molar-refractivity contribution >= 4 is 29.9 Å². The fourth-order valence-corrected chi connectivity index (χ4v) is 3.75. The second-order valence-corrected chi connectivity index (χ2v) is 10.6. The molecule has 0 saturated carbocycles. The van der Waals surface area contributed by atoms with Crippen LogP contribution in [0.2, 0.25) is 0 Å². The van der Waals surface area contributed by atoms with Crippen LogP contribution in [0.4, 0.5) is 11.4 Å². The van der Waals surface area contributed by atoms with Gasteiger partial charge in [-0.15, -0.1) is 0 Å². The van der Waals surface area contributed by atoms with Gasteiger partial charge >= 0.3 is 29.7 Å². The Hall–Kier alpha value is -2.68. The fourth-order valence-electron chi connectivity index (χ4n) is 3.75. The summed E-state index contributed by atoms with van der Waals surface area (Å²) in [7, 11) is 0. The van der Waals surface area contributed by atoms with Gasteiger partial charge in [-0.25, -0.2) is 0 Å². The molecule has 2 aromatic carbocycles. The number of aliphatic hydroxyl groups excluding tert-OH is 1. The molecule has 0 radical (unpaired) electrons. The number of hydrogen-bond acceptors (Lipinski definition) is 7. The van der Waals surface area contributed by atoms with E-state index in [1.54, 1.807) is 75.0 Å². The van der Waals surface area contributed by atoms with Crippen molar-refractivity contribution in [1.29, 1.82) is 0 Å². The van der Waals surface area contributed by atoms with Crippen molar-refractivity contribution in [1.82, 2.24) is 0 Å². The molecule has 0 fully saturated rings. The molecule has 0 aromatic heterocycles. The Balaban J connectivity index is -0.000000576. The Kier molecular flexibility index (Phi) is 38.0. The first-order chi connectivity index (χ1) is 21.2. The molecule has 0 saturated heterocycles. The molecule has 0 amide bonds. The van der Waals surface area contributed by atoms with Crippen molar-refractivity contribution in [2.24, 2.45) is 0 Å². The van der Waals surface area contributed by atoms with Gasteiger partial charge in [0.2, 0.25) is 0 Å². The van der Waals surface area contributed by atoms with Gasteiger partial charge in [-0.2, -0.15) is 35.4 Å². The first-order valence-corrected chi connectivity index (χ1v) is 16.4. The average Bonchev–Trinajstić information content (AvgIpc) is 3.01. The third kappa shape index (κ3) is 39.3. The van der Waals surface area contributed by atoms with E-state index in [0.29, 0.717) is 28.9 Å². The quantitative estimate of drug-likeness (QED) is 0.0546. The summed E-state index contributed by atoms with van der Waals surface area (Å²) in [5.41, 5.74) is 13.1. The molecule has 0 atom stereocenters. The molecule has 2 rings (SSSR count). The number of unbranched alkanes of at least 4 members (excludes halogenated alkanes) is 14. The molecule has 8 nitrogen and oxygen atoms in total. The normalized spacial score (nSPS) is 9.52. The van der Waals surface area contributed by atoms with Crippen LogP contribution in [0.15, 0.2) is 48.5 Å². The van der Waals surface area contributed by atoms with Crippen LogP contribution >= 0.6 is 0 Å². The monoisotopic (exact) mass is 648 g/mol. The predicted molar refractivity (Wildman–Crippen MR) is 177 cm³/mol. The molecule has 0 heterocycles. The maximum absolute atomic E-state index is 10.3. The minimum atomic E-state index is -0.653. The van der Waals surface area contributed by atoms with Crippen LogP contribution in [0.5, 0.6) is 0 Å². The average molecular weight is 649 g/mol. The van der Waals surface area contributed by atoms with E-state index in [1.807, 2.05) is 0 Å². The second-order valence-electron chi connectivity index (χ2n) is 10.6. The molecular formula is C35H56N2O6Ti. The van der Waals surface area contributed by atoms with Crippen LogP contribution in [0.25, 0.3) is 0 Å². The van der Waals surface area contributed by atoms with Crippen LogP contribution in [-0.2, 0) is 38.1 Å². The van der Waals surface area contributed by atoms with Gasteiger partial charge in [-0.1, -0.05) is 121 Å². The number of aliphatic hydroxyl groups is 1. The number of carbonyl (C=O) groups is 1. The van der Waals surface area contributed by atoms with Crippen LogP contribution in [0, 0.1) is 0 Å². The number of aliphatic carboxylic acids is 1. The van der Waals surface area contributed by atoms with Gasteiger partial charge in [0, 0.05) is 23.9 Å². The van der Waals surface area contributed by atoms with Gasteiger partial charge in [-0.05, 0) is 20.3 Å². The molecule has 246 valence electrons. The van der Waals surface area contributed by atoms with Gasteiger partial charge in [0.05, 0.1) is 12.6 Å². The molecular weight excluding hydrogens is 592 g/mol. The summed E-state index contributed by atoms with van der Waals surface area (Å²) in [5, 5.41) is 16.6. The topological polar surface area (TPSA) is 161 Å². The fraction of sp³-hybridized carbons (Fsp3) is 0.571. The molecule has 0 aliphatic rings. The van der Waals surface area contributed by atoms with E-state index in [9.17, 15) is 14.4 Å². The standard InChI is InChI=1S/C18H36O2.2C7H6NO.C3H8O.O.Ti/c1-2-3-4-5-6-7-8-9-10-11-12-13-14-15-16-17-18(19)20;2*8-7-3-1-6(5-9)2-4-7;1-3(2)4;;/h2-17H2,1H3,(H,19,20);2*1-4H,8H2;3-4H,1-2H3;;/q;2*-1;;;+2. The number of carbonyl (C=O) groups excluding carboxylic acids is 2. The molecule has 2 aromatic rings. The van der Waals surface area contributed by atoms with Gasteiger partial charge < -0.3 is 31.3 Å². The number of carboxylic acid groups (broad SMARTS) is 1. The molecule has 9 heteroatoms. The summed E-state index contributed by atoms with van der Waals surface area (Å²) in [6.07, 6.45) is 23.5. The van der Waals surface area contributed by atoms with Crippen molar-refractivity contribution in [2.75, 3.05) is 11.5 Å². The van der Waals surface area contributed by atoms with Crippen molar-refractivity contribution in [3.05, 3.63) is 59.7 Å². The first kappa shape index (κ1) is 45.7. The third-order valence-corrected chi connectivity index (χ3v) is 6.05. The number of rotatable bonds is 18. The van der Waals surface area contributed by atoms with Crippen LogP contribution in [0.1, 0.15) is 135 Å². The number of carboxylic acids is 1. The molecule has 6 N–H and O–H groups in total. The molecule has 44 heavy (non-hydrogen) atoms. The molecule has 0 aliphatic carbocycles. The third-order valence-electron chi connectivity index (χ3n) is 6.05. The van der Waals surface area contributed by atoms with E-state index in [-0.39, 0.29) is 6.10 Å². The summed E-state index contributed by atoms with van der Waals surface area (Å²) in [6, 6.07) is 13.2. The summed E-state index contributed by atoms with van der Waals surface area (Å²) >= 11 is 0.750. The van der Waals surface area contributed by atoms with Gasteiger partial charge in [0.15, 0.2) is 0 Å². The summed E-state index contributed by atoms with van der Waals surface area (Å²) in [4.78, 5) is 30.2. The molecule has 0 bridgehead atoms. The van der Waals surface area contributed by atoms with Gasteiger partial charge in [0.25, 0.3) is 0 Å². The Bertz CT molecular complexity index is 856. The Labute approximate surface area is 278 Å². The van der Waals surface area contributed by atoms with E-state index < -0.39 is 5.97 Å². The molecule has 0 unspecified atom stereocenters. The van der Waals surface area contributed by atoms with E-state index in [0.717, 1.165) is 33.2 Å². The Morgan fingerprint density at radius 3 is 1.11 bits per heavy atom. The SMILES string of the molecule is CC(C)O.CCCCCCCCCCCCCCCCCC(=O)O.Nc1ccc([C-]=O)cc1.Nc1ccc([C-]=O)cc1.[O]=[Ti+2]. The van der Waals surface area contributed by atoms with E-state index in [1.165, 1.54) is 83.5 Å². The zero-order valence-electron chi connectivity index (χ0n) is 27.2. The first-order valence-electron chi connectivity index (χ1n) is 15.7. The number of benzene rings is 2. The van der Waals surface area contributed by atoms with E-state index >= 15 is 0 Å². The zero-order chi connectivity index (χ0) is 33.8. The van der Waals surface area contributed by atoms with E-state index in [4.69, 9.17) is 25.0 Å². The molecule has 0 aliphatic heterocycles. The van der Waals surface area contributed by atoms with Crippen LogP contribution in [0.3, 0.4) is 0 Å². The number of nitrogens with two attached hydrogens (primary N) is 2.